The molecule has 0 aromatic heterocycles. The highest BCUT2D eigenvalue weighted by Gasteiger charge is 2.20. The summed E-state index contributed by atoms with van der Waals surface area (Å²) in [6.07, 6.45) is 1.13. The summed E-state index contributed by atoms with van der Waals surface area (Å²) in [6, 6.07) is 1.16. The molecule has 96 valence electrons. The minimum atomic E-state index is -1.43. The van der Waals surface area contributed by atoms with Gasteiger partial charge < -0.3 is 9.16 Å². The molecule has 0 radical (unpaired) electrons. The molecule has 0 aromatic rings. The van der Waals surface area contributed by atoms with Crippen LogP contribution in [-0.2, 0) is 14.0 Å². The van der Waals surface area contributed by atoms with Crippen LogP contribution in [0.3, 0.4) is 0 Å². The Morgan fingerprint density at radius 1 is 1.25 bits per heavy atom. The molecule has 0 saturated carbocycles. The van der Waals surface area contributed by atoms with Crippen molar-refractivity contribution < 1.29 is 14.0 Å². The van der Waals surface area contributed by atoms with Crippen molar-refractivity contribution in [1.82, 2.24) is 0 Å². The number of hydrogen-bond donors (Lipinski definition) is 0. The molecule has 0 amide bonds. The van der Waals surface area contributed by atoms with Crippen molar-refractivity contribution in [2.75, 3.05) is 24.7 Å². The van der Waals surface area contributed by atoms with Gasteiger partial charge in [-0.15, -0.1) is 0 Å². The van der Waals surface area contributed by atoms with Gasteiger partial charge in [0.25, 0.3) is 0 Å². The van der Waals surface area contributed by atoms with E-state index in [1.165, 1.54) is 0 Å². The van der Waals surface area contributed by atoms with Crippen molar-refractivity contribution in [3.63, 3.8) is 0 Å². The maximum atomic E-state index is 11.0. The van der Waals surface area contributed by atoms with Crippen LogP contribution in [0.4, 0.5) is 0 Å². The Morgan fingerprint density at radius 2 is 1.94 bits per heavy atom. The molecule has 0 rings (SSSR count). The quantitative estimate of drug-likeness (QED) is 0.364. The molecule has 5 heteroatoms. The average molecular weight is 264 g/mol. The Morgan fingerprint density at radius 3 is 2.50 bits per heavy atom. The molecule has 0 aliphatic heterocycles. The highest BCUT2D eigenvalue weighted by molar-refractivity contribution is 7.99. The molecule has 0 N–H and O–H groups in total. The zero-order chi connectivity index (χ0) is 12.4. The van der Waals surface area contributed by atoms with Crippen molar-refractivity contribution in [1.29, 1.82) is 0 Å². The minimum absolute atomic E-state index is 0.103. The minimum Gasteiger partial charge on any atom is -0.465 e. The van der Waals surface area contributed by atoms with Crippen LogP contribution in [0, 0.1) is 0 Å². The summed E-state index contributed by atoms with van der Waals surface area (Å²) < 4.78 is 10.6. The molecule has 0 atom stereocenters. The lowest BCUT2D eigenvalue weighted by molar-refractivity contribution is -0.139. The number of ether oxygens (including phenoxy) is 1. The fourth-order valence-electron chi connectivity index (χ4n) is 1.42. The Kier molecular flexibility index (Phi) is 9.07. The van der Waals surface area contributed by atoms with Crippen LogP contribution in [0.25, 0.3) is 0 Å². The first-order valence-electron chi connectivity index (χ1n) is 5.89. The van der Waals surface area contributed by atoms with Crippen LogP contribution < -0.4 is 0 Å². The second-order valence-electron chi connectivity index (χ2n) is 4.15. The number of esters is 1. The molecule has 0 bridgehead atoms. The monoisotopic (exact) mass is 264 g/mol. The molecule has 0 unspecified atom stereocenters. The number of hydrogen-bond acceptors (Lipinski definition) is 4. The van der Waals surface area contributed by atoms with E-state index in [2.05, 4.69) is 13.1 Å². The van der Waals surface area contributed by atoms with Gasteiger partial charge >= 0.3 is 5.97 Å². The molecule has 3 nitrogen and oxygen atoms in total. The summed E-state index contributed by atoms with van der Waals surface area (Å²) >= 11 is 1.65. The fraction of sp³-hybridized carbons (Fsp3) is 0.909. The number of rotatable bonds is 9. The van der Waals surface area contributed by atoms with Gasteiger partial charge in [-0.05, 0) is 45.2 Å². The maximum absolute atomic E-state index is 11.0. The highest BCUT2D eigenvalue weighted by Crippen LogP contribution is 2.16. The Hall–Kier alpha value is -0.00312. The Bertz CT molecular complexity index is 198. The molecule has 0 aliphatic carbocycles. The standard InChI is InChI=1S/C11H24O3SSi/c1-5-13-11(12)10-15-8-7-9-16(3,4)14-6-2/h5-10H2,1-4H3. The summed E-state index contributed by atoms with van der Waals surface area (Å²) in [4.78, 5) is 11.0. The van der Waals surface area contributed by atoms with Gasteiger partial charge in [0.15, 0.2) is 8.32 Å². The topological polar surface area (TPSA) is 35.5 Å². The van der Waals surface area contributed by atoms with Crippen molar-refractivity contribution in [2.24, 2.45) is 0 Å². The summed E-state index contributed by atoms with van der Waals surface area (Å²) in [6.45, 7) is 9.65. The SMILES string of the molecule is CCOC(=O)CSCCC[Si](C)(C)OCC. The highest BCUT2D eigenvalue weighted by atomic mass is 32.2. The van der Waals surface area contributed by atoms with E-state index in [9.17, 15) is 4.79 Å². The number of carbonyl (C=O) groups is 1. The van der Waals surface area contributed by atoms with Crippen LogP contribution in [0.15, 0.2) is 0 Å². The molecule has 0 heterocycles. The van der Waals surface area contributed by atoms with E-state index in [1.54, 1.807) is 11.8 Å². The van der Waals surface area contributed by atoms with E-state index in [0.717, 1.165) is 24.8 Å². The summed E-state index contributed by atoms with van der Waals surface area (Å²) in [7, 11) is -1.43. The average Bonchev–Trinajstić information content (AvgIpc) is 2.17. The van der Waals surface area contributed by atoms with Crippen molar-refractivity contribution in [2.45, 2.75) is 39.4 Å². The first kappa shape index (κ1) is 16.0. The van der Waals surface area contributed by atoms with E-state index in [0.29, 0.717) is 12.4 Å². The largest absolute Gasteiger partial charge is 0.465 e. The van der Waals surface area contributed by atoms with Crippen LogP contribution in [0.2, 0.25) is 19.1 Å². The molecule has 0 spiro atoms. The van der Waals surface area contributed by atoms with E-state index in [4.69, 9.17) is 9.16 Å². The van der Waals surface area contributed by atoms with E-state index < -0.39 is 8.32 Å². The Labute approximate surface area is 104 Å². The van der Waals surface area contributed by atoms with Gasteiger partial charge in [-0.25, -0.2) is 0 Å². The molecule has 0 aromatic carbocycles. The van der Waals surface area contributed by atoms with Gasteiger partial charge in [0.2, 0.25) is 0 Å². The predicted octanol–water partition coefficient (Wildman–Crippen LogP) is 2.91. The second-order valence-corrected chi connectivity index (χ2v) is 9.57. The van der Waals surface area contributed by atoms with E-state index in [-0.39, 0.29) is 5.97 Å². The van der Waals surface area contributed by atoms with Gasteiger partial charge in [-0.1, -0.05) is 0 Å². The smallest absolute Gasteiger partial charge is 0.315 e. The zero-order valence-electron chi connectivity index (χ0n) is 10.9. The molecular formula is C11H24O3SSi. The van der Waals surface area contributed by atoms with Crippen molar-refractivity contribution in [3.05, 3.63) is 0 Å². The van der Waals surface area contributed by atoms with Crippen molar-refractivity contribution in [3.8, 4) is 0 Å². The fourth-order valence-corrected chi connectivity index (χ4v) is 4.37. The third-order valence-electron chi connectivity index (χ3n) is 2.13. The molecule has 0 saturated heterocycles. The maximum Gasteiger partial charge on any atom is 0.315 e. The third-order valence-corrected chi connectivity index (χ3v) is 5.77. The van der Waals surface area contributed by atoms with Crippen molar-refractivity contribution >= 4 is 26.0 Å². The molecule has 0 fully saturated rings. The first-order chi connectivity index (χ1) is 7.52. The van der Waals surface area contributed by atoms with Gasteiger partial charge in [-0.2, -0.15) is 11.8 Å². The van der Waals surface area contributed by atoms with Crippen LogP contribution in [-0.4, -0.2) is 39.0 Å². The third kappa shape index (κ3) is 9.24. The predicted molar refractivity (Wildman–Crippen MR) is 72.5 cm³/mol. The summed E-state index contributed by atoms with van der Waals surface area (Å²) in [5, 5.41) is 0. The summed E-state index contributed by atoms with van der Waals surface area (Å²) in [5.41, 5.74) is 0. The van der Waals surface area contributed by atoms with Gasteiger partial charge in [0, 0.05) is 6.61 Å². The Balaban J connectivity index is 3.42. The lowest BCUT2D eigenvalue weighted by Gasteiger charge is -2.21. The lowest BCUT2D eigenvalue weighted by atomic mass is 10.6. The van der Waals surface area contributed by atoms with Gasteiger partial charge in [0.05, 0.1) is 12.4 Å². The van der Waals surface area contributed by atoms with Crippen LogP contribution in [0.1, 0.15) is 20.3 Å². The first-order valence-corrected chi connectivity index (χ1v) is 10.2. The second kappa shape index (κ2) is 9.07. The molecular weight excluding hydrogens is 240 g/mol. The number of thioether (sulfide) groups is 1. The van der Waals surface area contributed by atoms with Crippen LogP contribution >= 0.6 is 11.8 Å². The van der Waals surface area contributed by atoms with Crippen LogP contribution in [0.5, 0.6) is 0 Å². The van der Waals surface area contributed by atoms with E-state index in [1.807, 2.05) is 13.8 Å². The van der Waals surface area contributed by atoms with E-state index >= 15 is 0 Å². The lowest BCUT2D eigenvalue weighted by Crippen LogP contribution is -2.30. The molecule has 0 aliphatic rings. The number of carbonyl (C=O) groups excluding carboxylic acids is 1. The molecule has 16 heavy (non-hydrogen) atoms. The summed E-state index contributed by atoms with van der Waals surface area (Å²) in [5.74, 6) is 1.39. The zero-order valence-corrected chi connectivity index (χ0v) is 12.7. The van der Waals surface area contributed by atoms with Gasteiger partial charge in [-0.3, -0.25) is 4.79 Å². The van der Waals surface area contributed by atoms with Gasteiger partial charge in [0.1, 0.15) is 0 Å². The normalized spacial score (nSPS) is 11.5.